The van der Waals surface area contributed by atoms with E-state index in [1.807, 2.05) is 18.2 Å². The van der Waals surface area contributed by atoms with Gasteiger partial charge >= 0.3 is 0 Å². The van der Waals surface area contributed by atoms with E-state index in [9.17, 15) is 26.5 Å². The average molecular weight is 580 g/mol. The van der Waals surface area contributed by atoms with E-state index in [1.54, 1.807) is 49.4 Å². The van der Waals surface area contributed by atoms with Gasteiger partial charge in [0.05, 0.1) is 26.7 Å². The van der Waals surface area contributed by atoms with E-state index in [2.05, 4.69) is 9.71 Å². The Morgan fingerprint density at radius 2 is 1.57 bits per heavy atom. The minimum Gasteiger partial charge on any atom is -0.506 e. The van der Waals surface area contributed by atoms with Crippen LogP contribution in [0.1, 0.15) is 6.92 Å². The van der Waals surface area contributed by atoms with Crippen molar-refractivity contribution in [2.24, 2.45) is 0 Å². The van der Waals surface area contributed by atoms with Gasteiger partial charge < -0.3 is 10.8 Å². The summed E-state index contributed by atoms with van der Waals surface area (Å²) < 4.78 is 66.9. The van der Waals surface area contributed by atoms with Crippen LogP contribution in [0.15, 0.2) is 94.7 Å². The Morgan fingerprint density at radius 1 is 0.900 bits per heavy atom. The third-order valence-corrected chi connectivity index (χ3v) is 9.26. The number of anilines is 2. The fourth-order valence-corrected chi connectivity index (χ4v) is 5.97. The van der Waals surface area contributed by atoms with E-state index in [-0.39, 0.29) is 32.8 Å². The molecule has 0 aliphatic carbocycles. The summed E-state index contributed by atoms with van der Waals surface area (Å²) in [7, 11) is -5.43. The van der Waals surface area contributed by atoms with Crippen LogP contribution < -0.4 is 10.5 Å². The van der Waals surface area contributed by atoms with Gasteiger partial charge in [-0.3, -0.25) is 4.72 Å². The molecule has 0 radical (unpaired) electrons. The number of nitrogen functional groups attached to an aromatic ring is 1. The van der Waals surface area contributed by atoms with Crippen molar-refractivity contribution >= 4 is 43.2 Å². The minimum absolute atomic E-state index is 0.00230. The number of benzene rings is 4. The lowest BCUT2D eigenvalue weighted by Crippen LogP contribution is -2.07. The summed E-state index contributed by atoms with van der Waals surface area (Å²) in [5.74, 6) is -1.67. The molecule has 0 fully saturated rings. The Balaban J connectivity index is 1.48. The van der Waals surface area contributed by atoms with Gasteiger partial charge in [-0.1, -0.05) is 31.2 Å². The van der Waals surface area contributed by atoms with Crippen LogP contribution in [-0.2, 0) is 20.8 Å². The molecule has 1 atom stereocenters. The third kappa shape index (κ3) is 5.38. The van der Waals surface area contributed by atoms with E-state index in [0.29, 0.717) is 28.3 Å². The first-order chi connectivity index (χ1) is 19.1. The normalized spacial score (nSPS) is 12.4. The molecule has 5 rings (SSSR count). The number of halogens is 2. The van der Waals surface area contributed by atoms with E-state index < -0.39 is 32.5 Å². The van der Waals surface area contributed by atoms with Crippen LogP contribution >= 0.6 is 0 Å². The standard InChI is InChI=1S/C29H23F2N3O4S2/c1-2-40(37,38)22-8-3-17(4-9-22)23-14-20-13-18(5-10-25(20)33-29(23)32)19-6-11-27(35)26(15-19)34-39(36)28-12-7-21(30)16-24(28)31/h3-16,34-35H,2H2,1H3,(H2,32,33). The van der Waals surface area contributed by atoms with Gasteiger partial charge in [-0.15, -0.1) is 0 Å². The van der Waals surface area contributed by atoms with Gasteiger partial charge in [0.2, 0.25) is 0 Å². The molecule has 0 aliphatic rings. The lowest BCUT2D eigenvalue weighted by atomic mass is 10.00. The van der Waals surface area contributed by atoms with E-state index in [0.717, 1.165) is 23.1 Å². The summed E-state index contributed by atoms with van der Waals surface area (Å²) in [5.41, 5.74) is 9.71. The van der Waals surface area contributed by atoms with Crippen molar-refractivity contribution in [1.29, 1.82) is 0 Å². The number of nitrogens with zero attached hydrogens (tertiary/aromatic N) is 1. The molecule has 1 unspecified atom stereocenters. The monoisotopic (exact) mass is 579 g/mol. The SMILES string of the molecule is CCS(=O)(=O)c1ccc(-c2cc3cc(-c4ccc(O)c(NS(=O)c5ccc(F)cc5F)c4)ccc3nc2N)cc1. The van der Waals surface area contributed by atoms with E-state index in [4.69, 9.17) is 5.73 Å². The van der Waals surface area contributed by atoms with Crippen LogP contribution in [0.4, 0.5) is 20.3 Å². The molecule has 0 saturated carbocycles. The second kappa shape index (κ2) is 10.7. The fourth-order valence-electron chi connectivity index (χ4n) is 4.19. The van der Waals surface area contributed by atoms with Gasteiger partial charge in [-0.2, -0.15) is 0 Å². The second-order valence-electron chi connectivity index (χ2n) is 8.93. The number of sulfone groups is 1. The van der Waals surface area contributed by atoms with Gasteiger partial charge in [0.25, 0.3) is 0 Å². The molecular weight excluding hydrogens is 556 g/mol. The maximum atomic E-state index is 14.1. The van der Waals surface area contributed by atoms with Crippen molar-refractivity contribution < 1.29 is 26.5 Å². The van der Waals surface area contributed by atoms with Crippen molar-refractivity contribution in [3.8, 4) is 28.0 Å². The largest absolute Gasteiger partial charge is 0.506 e. The van der Waals surface area contributed by atoms with Crippen LogP contribution in [0.3, 0.4) is 0 Å². The highest BCUT2D eigenvalue weighted by Crippen LogP contribution is 2.34. The van der Waals surface area contributed by atoms with Crippen LogP contribution in [0, 0.1) is 11.6 Å². The number of hydrogen-bond donors (Lipinski definition) is 3. The summed E-state index contributed by atoms with van der Waals surface area (Å²) in [5, 5.41) is 11.1. The molecule has 0 amide bonds. The molecule has 11 heteroatoms. The smallest absolute Gasteiger partial charge is 0.178 e. The van der Waals surface area contributed by atoms with Crippen molar-refractivity contribution in [1.82, 2.24) is 4.98 Å². The van der Waals surface area contributed by atoms with Gasteiger partial charge in [-0.05, 0) is 71.3 Å². The van der Waals surface area contributed by atoms with Crippen LogP contribution in [0.2, 0.25) is 0 Å². The maximum absolute atomic E-state index is 14.1. The summed E-state index contributed by atoms with van der Waals surface area (Å²) in [6.07, 6.45) is 0. The number of hydrogen-bond acceptors (Lipinski definition) is 6. The first-order valence-corrected chi connectivity index (χ1v) is 14.9. The number of nitrogens with two attached hydrogens (primary N) is 1. The fraction of sp³-hybridized carbons (Fsp3) is 0.0690. The van der Waals surface area contributed by atoms with Crippen LogP contribution in [0.5, 0.6) is 5.75 Å². The van der Waals surface area contributed by atoms with E-state index >= 15 is 0 Å². The van der Waals surface area contributed by atoms with Crippen LogP contribution in [0.25, 0.3) is 33.2 Å². The number of rotatable bonds is 7. The maximum Gasteiger partial charge on any atom is 0.178 e. The first kappa shape index (κ1) is 27.2. The van der Waals surface area contributed by atoms with Crippen molar-refractivity contribution in [2.75, 3.05) is 16.2 Å². The predicted octanol–water partition coefficient (Wildman–Crippen LogP) is 6.06. The average Bonchev–Trinajstić information content (AvgIpc) is 2.93. The molecule has 7 nitrogen and oxygen atoms in total. The topological polar surface area (TPSA) is 122 Å². The number of aromatic hydroxyl groups is 1. The summed E-state index contributed by atoms with van der Waals surface area (Å²) in [6, 6.07) is 21.1. The summed E-state index contributed by atoms with van der Waals surface area (Å²) >= 11 is 0. The van der Waals surface area contributed by atoms with Crippen molar-refractivity contribution in [3.63, 3.8) is 0 Å². The Morgan fingerprint density at radius 3 is 2.27 bits per heavy atom. The molecule has 0 bridgehead atoms. The highest BCUT2D eigenvalue weighted by atomic mass is 32.2. The Bertz CT molecular complexity index is 1900. The highest BCUT2D eigenvalue weighted by molar-refractivity contribution is 7.91. The number of fused-ring (bicyclic) bond motifs is 1. The zero-order valence-electron chi connectivity index (χ0n) is 21.1. The molecule has 40 heavy (non-hydrogen) atoms. The number of phenols is 1. The lowest BCUT2D eigenvalue weighted by molar-refractivity contribution is 0.478. The first-order valence-electron chi connectivity index (χ1n) is 12.1. The number of pyridine rings is 1. The van der Waals surface area contributed by atoms with Crippen molar-refractivity contribution in [2.45, 2.75) is 16.7 Å². The zero-order valence-corrected chi connectivity index (χ0v) is 22.7. The van der Waals surface area contributed by atoms with Crippen molar-refractivity contribution in [3.05, 3.63) is 96.6 Å². The zero-order chi connectivity index (χ0) is 28.6. The molecule has 1 aromatic heterocycles. The van der Waals surface area contributed by atoms with Gasteiger partial charge in [0.1, 0.15) is 23.2 Å². The molecule has 204 valence electrons. The number of nitrogens with one attached hydrogen (secondary N) is 1. The second-order valence-corrected chi connectivity index (χ2v) is 12.4. The van der Waals surface area contributed by atoms with Gasteiger partial charge in [-0.25, -0.2) is 26.4 Å². The Kier molecular flexibility index (Phi) is 7.26. The minimum atomic E-state index is -3.33. The molecule has 4 N–H and O–H groups in total. The van der Waals surface area contributed by atoms with Gasteiger partial charge in [0.15, 0.2) is 20.8 Å². The molecule has 0 saturated heterocycles. The summed E-state index contributed by atoms with van der Waals surface area (Å²) in [6.45, 7) is 1.59. The Hall–Kier alpha value is -4.35. The molecular formula is C29H23F2N3O4S2. The van der Waals surface area contributed by atoms with Crippen LogP contribution in [-0.4, -0.2) is 28.5 Å². The number of aromatic nitrogens is 1. The number of phenolic OH excluding ortho intramolecular Hbond substituents is 1. The molecule has 0 aliphatic heterocycles. The van der Waals surface area contributed by atoms with E-state index in [1.165, 1.54) is 6.07 Å². The quantitative estimate of drug-likeness (QED) is 0.201. The lowest BCUT2D eigenvalue weighted by Gasteiger charge is -2.12. The molecule has 4 aromatic carbocycles. The summed E-state index contributed by atoms with van der Waals surface area (Å²) in [4.78, 5) is 4.47. The highest BCUT2D eigenvalue weighted by Gasteiger charge is 2.16. The molecule has 0 spiro atoms. The molecule has 5 aromatic rings. The third-order valence-electron chi connectivity index (χ3n) is 6.37. The molecule has 1 heterocycles. The Labute approximate surface area is 231 Å². The predicted molar refractivity (Wildman–Crippen MR) is 153 cm³/mol. The van der Waals surface area contributed by atoms with Gasteiger partial charge in [0, 0.05) is 17.0 Å².